The van der Waals surface area contributed by atoms with E-state index in [9.17, 15) is 4.79 Å². The van der Waals surface area contributed by atoms with Crippen molar-refractivity contribution in [1.29, 1.82) is 0 Å². The predicted molar refractivity (Wildman–Crippen MR) is 121 cm³/mol. The molecule has 166 valence electrons. The minimum Gasteiger partial charge on any atom is -0.354 e. The van der Waals surface area contributed by atoms with Crippen LogP contribution in [0.5, 0.6) is 0 Å². The fraction of sp³-hybridized carbons (Fsp3) is 0.417. The van der Waals surface area contributed by atoms with Crippen LogP contribution in [-0.2, 0) is 6.54 Å². The van der Waals surface area contributed by atoms with E-state index < -0.39 is 0 Å². The number of nitrogens with one attached hydrogen (secondary N) is 1. The summed E-state index contributed by atoms with van der Waals surface area (Å²) in [6.07, 6.45) is 4.92. The van der Waals surface area contributed by atoms with Crippen molar-refractivity contribution in [2.45, 2.75) is 38.6 Å². The smallest absolute Gasteiger partial charge is 0.317 e. The molecule has 5 rings (SSSR count). The Bertz CT molecular complexity index is 1080. The number of nitrogens with zero attached hydrogens (tertiary/aromatic N) is 5. The predicted octanol–water partition coefficient (Wildman–Crippen LogP) is 3.74. The fourth-order valence-electron chi connectivity index (χ4n) is 4.00. The van der Waals surface area contributed by atoms with Gasteiger partial charge in [-0.2, -0.15) is 4.98 Å². The van der Waals surface area contributed by atoms with Crippen molar-refractivity contribution in [2.24, 2.45) is 0 Å². The monoisotopic (exact) mass is 432 g/mol. The molecule has 1 saturated heterocycles. The first-order valence-corrected chi connectivity index (χ1v) is 11.3. The lowest BCUT2D eigenvalue weighted by molar-refractivity contribution is 0.201. The second kappa shape index (κ2) is 8.98. The third kappa shape index (κ3) is 4.59. The molecule has 0 unspecified atom stereocenters. The largest absolute Gasteiger partial charge is 0.354 e. The van der Waals surface area contributed by atoms with Gasteiger partial charge in [0.1, 0.15) is 5.82 Å². The molecule has 8 heteroatoms. The second-order valence-electron chi connectivity index (χ2n) is 8.58. The van der Waals surface area contributed by atoms with Gasteiger partial charge in [0.25, 0.3) is 5.89 Å². The standard InChI is InChI=1S/C24H28N6O2/c1-17-5-7-18(8-6-17)16-26-24(31)30-13-3-12-29(14-15-30)22-20(4-2-11-25-22)23-27-21(28-32-23)19-9-10-19/h2,4-8,11,19H,3,9-10,12-16H2,1H3,(H,26,31). The molecule has 2 fully saturated rings. The Kier molecular flexibility index (Phi) is 5.75. The molecular weight excluding hydrogens is 404 g/mol. The van der Waals surface area contributed by atoms with Crippen LogP contribution in [0.4, 0.5) is 10.6 Å². The molecule has 2 aromatic heterocycles. The molecule has 0 bridgehead atoms. The van der Waals surface area contributed by atoms with Gasteiger partial charge in [-0.25, -0.2) is 9.78 Å². The van der Waals surface area contributed by atoms with E-state index in [0.29, 0.717) is 38.0 Å². The average Bonchev–Trinajstić information content (AvgIpc) is 3.60. The summed E-state index contributed by atoms with van der Waals surface area (Å²) in [7, 11) is 0. The molecule has 2 amide bonds. The minimum absolute atomic E-state index is 0.0281. The first kappa shape index (κ1) is 20.5. The molecule has 3 aromatic rings. The van der Waals surface area contributed by atoms with Crippen LogP contribution < -0.4 is 10.2 Å². The summed E-state index contributed by atoms with van der Waals surface area (Å²) in [5, 5.41) is 7.20. The summed E-state index contributed by atoms with van der Waals surface area (Å²) in [6, 6.07) is 12.1. The lowest BCUT2D eigenvalue weighted by Gasteiger charge is -2.24. The van der Waals surface area contributed by atoms with Gasteiger partial charge in [0.2, 0.25) is 0 Å². The van der Waals surface area contributed by atoms with Crippen LogP contribution in [0.1, 0.15) is 42.1 Å². The molecule has 1 N–H and O–H groups in total. The topological polar surface area (TPSA) is 87.4 Å². The van der Waals surface area contributed by atoms with Crippen LogP contribution in [-0.4, -0.2) is 52.2 Å². The van der Waals surface area contributed by atoms with Gasteiger partial charge in [0.15, 0.2) is 5.82 Å². The Morgan fingerprint density at radius 1 is 1.12 bits per heavy atom. The summed E-state index contributed by atoms with van der Waals surface area (Å²) in [5.74, 6) is 2.59. The maximum atomic E-state index is 12.7. The number of urea groups is 1. The van der Waals surface area contributed by atoms with E-state index in [0.717, 1.165) is 48.6 Å². The van der Waals surface area contributed by atoms with E-state index in [1.54, 1.807) is 6.20 Å². The van der Waals surface area contributed by atoms with Crippen LogP contribution >= 0.6 is 0 Å². The van der Waals surface area contributed by atoms with E-state index in [1.807, 2.05) is 17.0 Å². The van der Waals surface area contributed by atoms with Crippen molar-refractivity contribution in [3.8, 4) is 11.5 Å². The van der Waals surface area contributed by atoms with Crippen molar-refractivity contribution in [1.82, 2.24) is 25.3 Å². The van der Waals surface area contributed by atoms with Gasteiger partial charge in [-0.15, -0.1) is 0 Å². The van der Waals surface area contributed by atoms with Crippen molar-refractivity contribution in [2.75, 3.05) is 31.1 Å². The number of carbonyl (C=O) groups excluding carboxylic acids is 1. The summed E-state index contributed by atoms with van der Waals surface area (Å²) < 4.78 is 5.55. The van der Waals surface area contributed by atoms with Crippen molar-refractivity contribution in [3.05, 3.63) is 59.5 Å². The summed E-state index contributed by atoms with van der Waals surface area (Å²) in [5.41, 5.74) is 3.17. The molecule has 1 aliphatic heterocycles. The molecular formula is C24H28N6O2. The van der Waals surface area contributed by atoms with E-state index in [4.69, 9.17) is 4.52 Å². The van der Waals surface area contributed by atoms with E-state index in [1.165, 1.54) is 5.56 Å². The van der Waals surface area contributed by atoms with Gasteiger partial charge in [-0.1, -0.05) is 35.0 Å². The number of rotatable bonds is 5. The van der Waals surface area contributed by atoms with E-state index in [2.05, 4.69) is 56.5 Å². The third-order valence-electron chi connectivity index (χ3n) is 6.05. The first-order valence-electron chi connectivity index (χ1n) is 11.3. The lowest BCUT2D eigenvalue weighted by atomic mass is 10.1. The molecule has 2 aliphatic rings. The molecule has 0 atom stereocenters. The second-order valence-corrected chi connectivity index (χ2v) is 8.58. The molecule has 0 spiro atoms. The molecule has 1 saturated carbocycles. The molecule has 32 heavy (non-hydrogen) atoms. The van der Waals surface area contributed by atoms with Crippen LogP contribution in [0.2, 0.25) is 0 Å². The zero-order valence-corrected chi connectivity index (χ0v) is 18.3. The Morgan fingerprint density at radius 2 is 1.97 bits per heavy atom. The van der Waals surface area contributed by atoms with Crippen molar-refractivity contribution in [3.63, 3.8) is 0 Å². The molecule has 0 radical (unpaired) electrons. The fourth-order valence-corrected chi connectivity index (χ4v) is 4.00. The number of benzene rings is 1. The molecule has 1 aromatic carbocycles. The first-order chi connectivity index (χ1) is 15.7. The third-order valence-corrected chi connectivity index (χ3v) is 6.05. The summed E-state index contributed by atoms with van der Waals surface area (Å²) in [6.45, 7) is 5.45. The van der Waals surface area contributed by atoms with Crippen molar-refractivity contribution < 1.29 is 9.32 Å². The van der Waals surface area contributed by atoms with Gasteiger partial charge in [0.05, 0.1) is 5.56 Å². The Labute approximate surface area is 187 Å². The highest BCUT2D eigenvalue weighted by Gasteiger charge is 2.30. The Hall–Kier alpha value is -3.42. The number of carbonyl (C=O) groups is 1. The van der Waals surface area contributed by atoms with Gasteiger partial charge < -0.3 is 19.6 Å². The SMILES string of the molecule is Cc1ccc(CNC(=O)N2CCCN(c3ncccc3-c3nc(C4CC4)no3)CC2)cc1. The summed E-state index contributed by atoms with van der Waals surface area (Å²) in [4.78, 5) is 26.1. The normalized spacial score (nSPS) is 16.7. The maximum absolute atomic E-state index is 12.7. The number of aromatic nitrogens is 3. The van der Waals surface area contributed by atoms with Crippen LogP contribution in [0.3, 0.4) is 0 Å². The zero-order chi connectivity index (χ0) is 21.9. The lowest BCUT2D eigenvalue weighted by Crippen LogP contribution is -2.41. The van der Waals surface area contributed by atoms with Gasteiger partial charge in [0, 0.05) is 44.8 Å². The number of pyridine rings is 1. The molecule has 8 nitrogen and oxygen atoms in total. The highest BCUT2D eigenvalue weighted by Crippen LogP contribution is 2.39. The number of hydrogen-bond acceptors (Lipinski definition) is 6. The highest BCUT2D eigenvalue weighted by atomic mass is 16.5. The van der Waals surface area contributed by atoms with Crippen molar-refractivity contribution >= 4 is 11.8 Å². The minimum atomic E-state index is -0.0281. The Morgan fingerprint density at radius 3 is 2.78 bits per heavy atom. The number of anilines is 1. The average molecular weight is 433 g/mol. The molecule has 1 aliphatic carbocycles. The van der Waals surface area contributed by atoms with Crippen LogP contribution in [0.25, 0.3) is 11.5 Å². The van der Waals surface area contributed by atoms with Gasteiger partial charge in [-0.05, 0) is 43.9 Å². The van der Waals surface area contributed by atoms with Crippen LogP contribution in [0.15, 0.2) is 47.1 Å². The quantitative estimate of drug-likeness (QED) is 0.661. The van der Waals surface area contributed by atoms with Crippen LogP contribution in [0, 0.1) is 6.92 Å². The van der Waals surface area contributed by atoms with Gasteiger partial charge >= 0.3 is 6.03 Å². The Balaban J connectivity index is 1.23. The van der Waals surface area contributed by atoms with E-state index in [-0.39, 0.29) is 6.03 Å². The number of aryl methyl sites for hydroxylation is 1. The zero-order valence-electron chi connectivity index (χ0n) is 18.3. The maximum Gasteiger partial charge on any atom is 0.317 e. The number of hydrogen-bond donors (Lipinski definition) is 1. The molecule has 3 heterocycles. The number of amides is 2. The summed E-state index contributed by atoms with van der Waals surface area (Å²) >= 11 is 0. The highest BCUT2D eigenvalue weighted by molar-refractivity contribution is 5.74. The van der Waals surface area contributed by atoms with Gasteiger partial charge in [-0.3, -0.25) is 0 Å². The van der Waals surface area contributed by atoms with E-state index >= 15 is 0 Å².